The molecule has 94 valence electrons. The monoisotopic (exact) mass is 237 g/mol. The standard InChI is InChI=1S/C11H19N5O/c1-14-9-10(8-13-14)11(17)16-6-4-15(3-2-12)5-7-16/h8-9H,2-7,12H2,1H3. The van der Waals surface area contributed by atoms with E-state index in [1.807, 2.05) is 11.9 Å². The van der Waals surface area contributed by atoms with E-state index >= 15 is 0 Å². The average Bonchev–Trinajstić information content (AvgIpc) is 2.76. The van der Waals surface area contributed by atoms with Gasteiger partial charge < -0.3 is 10.6 Å². The average molecular weight is 237 g/mol. The van der Waals surface area contributed by atoms with E-state index in [0.717, 1.165) is 32.7 Å². The maximum absolute atomic E-state index is 12.1. The summed E-state index contributed by atoms with van der Waals surface area (Å²) >= 11 is 0. The number of nitrogens with two attached hydrogens (primary N) is 1. The number of aryl methyl sites for hydroxylation is 1. The van der Waals surface area contributed by atoms with Crippen LogP contribution in [0.15, 0.2) is 12.4 Å². The highest BCUT2D eigenvalue weighted by Gasteiger charge is 2.22. The normalized spacial score (nSPS) is 17.4. The molecule has 6 heteroatoms. The van der Waals surface area contributed by atoms with Gasteiger partial charge in [-0.25, -0.2) is 0 Å². The second-order valence-corrected chi connectivity index (χ2v) is 4.33. The van der Waals surface area contributed by atoms with Crippen LogP contribution >= 0.6 is 0 Å². The van der Waals surface area contributed by atoms with Gasteiger partial charge >= 0.3 is 0 Å². The minimum absolute atomic E-state index is 0.0745. The Labute approximate surface area is 101 Å². The summed E-state index contributed by atoms with van der Waals surface area (Å²) in [6.45, 7) is 4.94. The summed E-state index contributed by atoms with van der Waals surface area (Å²) in [5.41, 5.74) is 6.18. The van der Waals surface area contributed by atoms with Crippen LogP contribution in [-0.2, 0) is 7.05 Å². The zero-order valence-corrected chi connectivity index (χ0v) is 10.2. The molecule has 0 bridgehead atoms. The van der Waals surface area contributed by atoms with Crippen LogP contribution in [0.3, 0.4) is 0 Å². The number of hydrogen-bond donors (Lipinski definition) is 1. The van der Waals surface area contributed by atoms with E-state index in [0.29, 0.717) is 12.1 Å². The minimum Gasteiger partial charge on any atom is -0.336 e. The number of amides is 1. The molecule has 0 saturated carbocycles. The maximum Gasteiger partial charge on any atom is 0.257 e. The van der Waals surface area contributed by atoms with E-state index in [2.05, 4.69) is 10.00 Å². The zero-order valence-electron chi connectivity index (χ0n) is 10.2. The lowest BCUT2D eigenvalue weighted by molar-refractivity contribution is 0.0641. The second kappa shape index (κ2) is 5.29. The third-order valence-electron chi connectivity index (χ3n) is 3.06. The largest absolute Gasteiger partial charge is 0.336 e. The number of rotatable bonds is 3. The van der Waals surface area contributed by atoms with Crippen molar-refractivity contribution in [3.63, 3.8) is 0 Å². The summed E-state index contributed by atoms with van der Waals surface area (Å²) in [6, 6.07) is 0. The first-order valence-electron chi connectivity index (χ1n) is 5.91. The summed E-state index contributed by atoms with van der Waals surface area (Å²) in [6.07, 6.45) is 3.38. The van der Waals surface area contributed by atoms with Crippen LogP contribution in [0, 0.1) is 0 Å². The van der Waals surface area contributed by atoms with E-state index in [1.165, 1.54) is 0 Å². The van der Waals surface area contributed by atoms with Gasteiger partial charge in [0.25, 0.3) is 5.91 Å². The molecule has 0 aromatic carbocycles. The molecule has 2 rings (SSSR count). The van der Waals surface area contributed by atoms with E-state index in [4.69, 9.17) is 5.73 Å². The topological polar surface area (TPSA) is 67.4 Å². The first kappa shape index (κ1) is 12.1. The number of hydrogen-bond acceptors (Lipinski definition) is 4. The van der Waals surface area contributed by atoms with Crippen molar-refractivity contribution in [3.8, 4) is 0 Å². The van der Waals surface area contributed by atoms with E-state index < -0.39 is 0 Å². The molecule has 1 fully saturated rings. The van der Waals surface area contributed by atoms with Crippen LogP contribution in [0.1, 0.15) is 10.4 Å². The molecule has 0 unspecified atom stereocenters. The highest BCUT2D eigenvalue weighted by molar-refractivity contribution is 5.93. The summed E-state index contributed by atoms with van der Waals surface area (Å²) in [5, 5.41) is 4.02. The molecule has 0 atom stereocenters. The Balaban J connectivity index is 1.90. The van der Waals surface area contributed by atoms with Crippen LogP contribution in [-0.4, -0.2) is 64.8 Å². The molecule has 1 aliphatic heterocycles. The Hall–Kier alpha value is -1.40. The Morgan fingerprint density at radius 1 is 1.41 bits per heavy atom. The van der Waals surface area contributed by atoms with Gasteiger partial charge in [0.05, 0.1) is 11.8 Å². The third kappa shape index (κ3) is 2.83. The van der Waals surface area contributed by atoms with Crippen molar-refractivity contribution >= 4 is 5.91 Å². The predicted octanol–water partition coefficient (Wildman–Crippen LogP) is -0.863. The Bertz CT molecular complexity index is 381. The van der Waals surface area contributed by atoms with Crippen LogP contribution in [0.2, 0.25) is 0 Å². The Kier molecular flexibility index (Phi) is 3.75. The van der Waals surface area contributed by atoms with Crippen LogP contribution < -0.4 is 5.73 Å². The fraction of sp³-hybridized carbons (Fsp3) is 0.636. The van der Waals surface area contributed by atoms with Gasteiger partial charge in [0.15, 0.2) is 0 Å². The van der Waals surface area contributed by atoms with Crippen molar-refractivity contribution in [2.24, 2.45) is 12.8 Å². The number of aromatic nitrogens is 2. The fourth-order valence-corrected chi connectivity index (χ4v) is 2.07. The molecule has 0 aliphatic carbocycles. The van der Waals surface area contributed by atoms with Gasteiger partial charge in [-0.3, -0.25) is 14.4 Å². The molecular formula is C11H19N5O. The molecule has 1 aromatic heterocycles. The number of carbonyl (C=O) groups excluding carboxylic acids is 1. The predicted molar refractivity (Wildman–Crippen MR) is 64.6 cm³/mol. The molecule has 17 heavy (non-hydrogen) atoms. The van der Waals surface area contributed by atoms with Crippen molar-refractivity contribution in [2.45, 2.75) is 0 Å². The van der Waals surface area contributed by atoms with E-state index in [9.17, 15) is 4.79 Å². The maximum atomic E-state index is 12.1. The van der Waals surface area contributed by atoms with Crippen molar-refractivity contribution in [1.29, 1.82) is 0 Å². The summed E-state index contributed by atoms with van der Waals surface area (Å²) < 4.78 is 1.65. The van der Waals surface area contributed by atoms with Gasteiger partial charge in [-0.2, -0.15) is 5.10 Å². The number of nitrogens with zero attached hydrogens (tertiary/aromatic N) is 4. The van der Waals surface area contributed by atoms with Crippen LogP contribution in [0.5, 0.6) is 0 Å². The van der Waals surface area contributed by atoms with Gasteiger partial charge in [0.1, 0.15) is 0 Å². The second-order valence-electron chi connectivity index (χ2n) is 4.33. The lowest BCUT2D eigenvalue weighted by Crippen LogP contribution is -2.49. The Morgan fingerprint density at radius 2 is 2.12 bits per heavy atom. The molecule has 1 amide bonds. The van der Waals surface area contributed by atoms with Gasteiger partial charge in [-0.1, -0.05) is 0 Å². The van der Waals surface area contributed by atoms with Gasteiger partial charge in [-0.05, 0) is 0 Å². The highest BCUT2D eigenvalue weighted by atomic mass is 16.2. The summed E-state index contributed by atoms with van der Waals surface area (Å²) in [7, 11) is 1.82. The molecule has 2 N–H and O–H groups in total. The minimum atomic E-state index is 0.0745. The fourth-order valence-electron chi connectivity index (χ4n) is 2.07. The summed E-state index contributed by atoms with van der Waals surface area (Å²) in [5.74, 6) is 0.0745. The van der Waals surface area contributed by atoms with Crippen molar-refractivity contribution < 1.29 is 4.79 Å². The van der Waals surface area contributed by atoms with Crippen molar-refractivity contribution in [3.05, 3.63) is 18.0 Å². The smallest absolute Gasteiger partial charge is 0.257 e. The quantitative estimate of drug-likeness (QED) is 0.742. The van der Waals surface area contributed by atoms with Crippen molar-refractivity contribution in [1.82, 2.24) is 19.6 Å². The van der Waals surface area contributed by atoms with Crippen LogP contribution in [0.4, 0.5) is 0 Å². The zero-order chi connectivity index (χ0) is 12.3. The first-order valence-corrected chi connectivity index (χ1v) is 5.91. The summed E-state index contributed by atoms with van der Waals surface area (Å²) in [4.78, 5) is 16.3. The number of carbonyl (C=O) groups is 1. The molecule has 1 aliphatic rings. The SMILES string of the molecule is Cn1cc(C(=O)N2CCN(CCN)CC2)cn1. The third-order valence-corrected chi connectivity index (χ3v) is 3.06. The molecular weight excluding hydrogens is 218 g/mol. The first-order chi connectivity index (χ1) is 8.20. The molecule has 0 spiro atoms. The molecule has 1 aromatic rings. The lowest BCUT2D eigenvalue weighted by atomic mass is 10.2. The molecule has 1 saturated heterocycles. The van der Waals surface area contributed by atoms with E-state index in [1.54, 1.807) is 17.1 Å². The molecule has 2 heterocycles. The van der Waals surface area contributed by atoms with Gasteiger partial charge in [0.2, 0.25) is 0 Å². The van der Waals surface area contributed by atoms with Gasteiger partial charge in [0, 0.05) is 52.5 Å². The van der Waals surface area contributed by atoms with Crippen molar-refractivity contribution in [2.75, 3.05) is 39.3 Å². The molecule has 6 nitrogen and oxygen atoms in total. The van der Waals surface area contributed by atoms with E-state index in [-0.39, 0.29) is 5.91 Å². The highest BCUT2D eigenvalue weighted by Crippen LogP contribution is 2.07. The van der Waals surface area contributed by atoms with Crippen LogP contribution in [0.25, 0.3) is 0 Å². The molecule has 0 radical (unpaired) electrons. The Morgan fingerprint density at radius 3 is 2.65 bits per heavy atom. The number of piperazine rings is 1. The lowest BCUT2D eigenvalue weighted by Gasteiger charge is -2.34. The van der Waals surface area contributed by atoms with Gasteiger partial charge in [-0.15, -0.1) is 0 Å².